The second kappa shape index (κ2) is 8.15. The van der Waals surface area contributed by atoms with Crippen LogP contribution in [0.25, 0.3) is 0 Å². The number of sulfonamides is 1. The minimum absolute atomic E-state index is 0.127. The first-order valence-electron chi connectivity index (χ1n) is 8.35. The second-order valence-electron chi connectivity index (χ2n) is 6.00. The number of aryl methyl sites for hydroxylation is 2. The van der Waals surface area contributed by atoms with Gasteiger partial charge in [-0.1, -0.05) is 12.1 Å². The van der Waals surface area contributed by atoms with Crippen LogP contribution < -0.4 is 14.2 Å². The molecular weight excluding hydrogens is 398 g/mol. The fourth-order valence-electron chi connectivity index (χ4n) is 2.64. The topological polar surface area (TPSA) is 82.5 Å². The Balaban J connectivity index is 1.97. The van der Waals surface area contributed by atoms with Crippen molar-refractivity contribution in [3.8, 4) is 11.5 Å². The Labute approximate surface area is 168 Å². The zero-order valence-corrected chi connectivity index (χ0v) is 17.6. The van der Waals surface area contributed by atoms with Crippen LogP contribution in [0.1, 0.15) is 5.56 Å². The molecule has 0 radical (unpaired) electrons. The number of benzene rings is 2. The van der Waals surface area contributed by atoms with E-state index >= 15 is 0 Å². The van der Waals surface area contributed by atoms with E-state index in [2.05, 4.69) is 9.71 Å². The molecule has 0 bridgehead atoms. The van der Waals surface area contributed by atoms with Gasteiger partial charge in [-0.25, -0.2) is 13.4 Å². The molecule has 28 heavy (non-hydrogen) atoms. The normalized spacial score (nSPS) is 11.3. The highest BCUT2D eigenvalue weighted by Gasteiger charge is 2.22. The molecule has 0 saturated carbocycles. The molecule has 0 aliphatic rings. The second-order valence-corrected chi connectivity index (χ2v) is 8.66. The SMILES string of the molecule is COc1cc(C)c(S(=O)(=O)Nc2ccccc2Sc2nccn2C)cc1OC. The molecule has 1 aromatic heterocycles. The van der Waals surface area contributed by atoms with Crippen LogP contribution in [-0.2, 0) is 17.1 Å². The van der Waals surface area contributed by atoms with E-state index in [0.717, 1.165) is 10.1 Å². The number of nitrogens with one attached hydrogen (secondary N) is 1. The molecular formula is C19H21N3O4S2. The maximum atomic E-state index is 13.1. The molecule has 9 heteroatoms. The van der Waals surface area contributed by atoms with Gasteiger partial charge in [0, 0.05) is 30.4 Å². The van der Waals surface area contributed by atoms with Gasteiger partial charge < -0.3 is 14.0 Å². The van der Waals surface area contributed by atoms with Gasteiger partial charge in [0.2, 0.25) is 0 Å². The fraction of sp³-hybridized carbons (Fsp3) is 0.211. The van der Waals surface area contributed by atoms with Crippen LogP contribution in [0, 0.1) is 6.92 Å². The monoisotopic (exact) mass is 419 g/mol. The standard InChI is InChI=1S/C19H21N3O4S2/c1-13-11-15(25-3)16(26-4)12-18(13)28(23,24)21-14-7-5-6-8-17(14)27-19-20-9-10-22(19)2/h5-12,21H,1-4H3. The van der Waals surface area contributed by atoms with E-state index in [4.69, 9.17) is 9.47 Å². The molecule has 7 nitrogen and oxygen atoms in total. The largest absolute Gasteiger partial charge is 0.493 e. The Morgan fingerprint density at radius 3 is 2.43 bits per heavy atom. The lowest BCUT2D eigenvalue weighted by atomic mass is 10.2. The minimum atomic E-state index is -3.84. The number of ether oxygens (including phenoxy) is 2. The Bertz CT molecular complexity index is 1090. The molecule has 0 aliphatic heterocycles. The number of hydrogen-bond acceptors (Lipinski definition) is 6. The van der Waals surface area contributed by atoms with Crippen LogP contribution in [0.3, 0.4) is 0 Å². The van der Waals surface area contributed by atoms with Gasteiger partial charge in [0.1, 0.15) is 0 Å². The Kier molecular flexibility index (Phi) is 5.85. The van der Waals surface area contributed by atoms with E-state index in [1.54, 1.807) is 31.3 Å². The third kappa shape index (κ3) is 4.10. The average molecular weight is 420 g/mol. The number of anilines is 1. The number of aromatic nitrogens is 2. The van der Waals surface area contributed by atoms with Gasteiger partial charge in [-0.05, 0) is 42.4 Å². The first-order chi connectivity index (χ1) is 13.4. The lowest BCUT2D eigenvalue weighted by Crippen LogP contribution is -2.15. The first kappa shape index (κ1) is 20.1. The molecule has 2 aromatic carbocycles. The summed E-state index contributed by atoms with van der Waals surface area (Å²) >= 11 is 1.38. The molecule has 148 valence electrons. The number of rotatable bonds is 7. The van der Waals surface area contributed by atoms with E-state index in [1.165, 1.54) is 32.0 Å². The van der Waals surface area contributed by atoms with Crippen molar-refractivity contribution in [3.63, 3.8) is 0 Å². The summed E-state index contributed by atoms with van der Waals surface area (Å²) in [5.41, 5.74) is 1.03. The van der Waals surface area contributed by atoms with Crippen LogP contribution >= 0.6 is 11.8 Å². The summed E-state index contributed by atoms with van der Waals surface area (Å²) in [5.74, 6) is 0.828. The first-order valence-corrected chi connectivity index (χ1v) is 10.7. The minimum Gasteiger partial charge on any atom is -0.493 e. The van der Waals surface area contributed by atoms with Crippen molar-refractivity contribution in [2.45, 2.75) is 21.9 Å². The van der Waals surface area contributed by atoms with E-state index in [9.17, 15) is 8.42 Å². The van der Waals surface area contributed by atoms with Gasteiger partial charge >= 0.3 is 0 Å². The maximum absolute atomic E-state index is 13.1. The summed E-state index contributed by atoms with van der Waals surface area (Å²) in [6, 6.07) is 10.3. The van der Waals surface area contributed by atoms with Crippen LogP contribution in [-0.4, -0.2) is 32.2 Å². The molecule has 0 saturated heterocycles. The average Bonchev–Trinajstić information content (AvgIpc) is 3.07. The van der Waals surface area contributed by atoms with Gasteiger partial charge in [-0.15, -0.1) is 0 Å². The lowest BCUT2D eigenvalue weighted by molar-refractivity contribution is 0.353. The van der Waals surface area contributed by atoms with Gasteiger partial charge in [-0.2, -0.15) is 0 Å². The summed E-state index contributed by atoms with van der Waals surface area (Å²) in [5, 5.41) is 0.758. The smallest absolute Gasteiger partial charge is 0.262 e. The molecule has 0 unspecified atom stereocenters. The highest BCUT2D eigenvalue weighted by atomic mass is 32.2. The Morgan fingerprint density at radius 1 is 1.11 bits per heavy atom. The third-order valence-electron chi connectivity index (χ3n) is 4.08. The van der Waals surface area contributed by atoms with Crippen molar-refractivity contribution < 1.29 is 17.9 Å². The molecule has 3 aromatic rings. The van der Waals surface area contributed by atoms with E-state index < -0.39 is 10.0 Å². The predicted octanol–water partition coefficient (Wildman–Crippen LogP) is 3.70. The van der Waals surface area contributed by atoms with Crippen LogP contribution in [0.4, 0.5) is 5.69 Å². The number of nitrogens with zero attached hydrogens (tertiary/aromatic N) is 2. The zero-order valence-electron chi connectivity index (χ0n) is 16.0. The highest BCUT2D eigenvalue weighted by molar-refractivity contribution is 7.99. The fourth-order valence-corrected chi connectivity index (χ4v) is 4.92. The number of hydrogen-bond donors (Lipinski definition) is 1. The third-order valence-corrected chi connectivity index (χ3v) is 6.74. The Morgan fingerprint density at radius 2 is 1.79 bits per heavy atom. The number of para-hydroxylation sites is 1. The number of methoxy groups -OCH3 is 2. The van der Waals surface area contributed by atoms with Crippen LogP contribution in [0.5, 0.6) is 11.5 Å². The van der Waals surface area contributed by atoms with Crippen molar-refractivity contribution in [2.24, 2.45) is 7.05 Å². The van der Waals surface area contributed by atoms with Gasteiger partial charge in [0.05, 0.1) is 24.8 Å². The van der Waals surface area contributed by atoms with Crippen molar-refractivity contribution >= 4 is 27.5 Å². The van der Waals surface area contributed by atoms with E-state index in [0.29, 0.717) is 22.7 Å². The summed E-state index contributed by atoms with van der Waals surface area (Å²) in [7, 11) is 1.02. The van der Waals surface area contributed by atoms with E-state index in [1.807, 2.05) is 29.9 Å². The summed E-state index contributed by atoms with van der Waals surface area (Å²) in [6.45, 7) is 1.71. The molecule has 0 atom stereocenters. The zero-order chi connectivity index (χ0) is 20.3. The maximum Gasteiger partial charge on any atom is 0.262 e. The van der Waals surface area contributed by atoms with Crippen molar-refractivity contribution in [2.75, 3.05) is 18.9 Å². The lowest BCUT2D eigenvalue weighted by Gasteiger charge is -2.16. The molecule has 0 amide bonds. The molecule has 3 rings (SSSR count). The number of imidazole rings is 1. The molecule has 0 spiro atoms. The van der Waals surface area contributed by atoms with Gasteiger partial charge in [0.25, 0.3) is 10.0 Å². The molecule has 1 N–H and O–H groups in total. The van der Waals surface area contributed by atoms with Gasteiger partial charge in [-0.3, -0.25) is 4.72 Å². The predicted molar refractivity (Wildman–Crippen MR) is 109 cm³/mol. The van der Waals surface area contributed by atoms with Crippen molar-refractivity contribution in [1.82, 2.24) is 9.55 Å². The van der Waals surface area contributed by atoms with Crippen molar-refractivity contribution in [1.29, 1.82) is 0 Å². The summed E-state index contributed by atoms with van der Waals surface area (Å²) < 4.78 is 41.2. The van der Waals surface area contributed by atoms with Crippen LogP contribution in [0.2, 0.25) is 0 Å². The summed E-state index contributed by atoms with van der Waals surface area (Å²) in [4.78, 5) is 5.16. The molecule has 0 aliphatic carbocycles. The Hall–Kier alpha value is -2.65. The molecule has 0 fully saturated rings. The van der Waals surface area contributed by atoms with Crippen LogP contribution in [0.15, 0.2) is 63.7 Å². The van der Waals surface area contributed by atoms with Crippen molar-refractivity contribution in [3.05, 3.63) is 54.4 Å². The van der Waals surface area contributed by atoms with E-state index in [-0.39, 0.29) is 4.90 Å². The quantitative estimate of drug-likeness (QED) is 0.629. The van der Waals surface area contributed by atoms with Gasteiger partial charge in [0.15, 0.2) is 16.7 Å². The molecule has 1 heterocycles. The highest BCUT2D eigenvalue weighted by Crippen LogP contribution is 2.36. The summed E-state index contributed by atoms with van der Waals surface area (Å²) in [6.07, 6.45) is 3.53.